The van der Waals surface area contributed by atoms with Crippen LogP contribution in [-0.4, -0.2) is 19.1 Å². The topological polar surface area (TPSA) is 34.1 Å². The summed E-state index contributed by atoms with van der Waals surface area (Å²) in [5.74, 6) is 0.852. The van der Waals surface area contributed by atoms with E-state index in [1.807, 2.05) is 31.3 Å². The summed E-state index contributed by atoms with van der Waals surface area (Å²) in [4.78, 5) is 5.71. The smallest absolute Gasteiger partial charge is 0.129 e. The first kappa shape index (κ1) is 12.5. The summed E-state index contributed by atoms with van der Waals surface area (Å²) in [5.41, 5.74) is 1.03. The number of methoxy groups -OCH3 is 1. The number of aromatic nitrogens is 1. The van der Waals surface area contributed by atoms with Crippen molar-refractivity contribution in [1.82, 2.24) is 10.3 Å². The van der Waals surface area contributed by atoms with E-state index in [9.17, 15) is 0 Å². The van der Waals surface area contributed by atoms with E-state index < -0.39 is 0 Å². The number of thiazole rings is 1. The Labute approximate surface area is 113 Å². The van der Waals surface area contributed by atoms with Crippen molar-refractivity contribution in [3.63, 3.8) is 0 Å². The molecular weight excluding hydrogens is 300 g/mol. The van der Waals surface area contributed by atoms with Crippen molar-refractivity contribution in [3.8, 4) is 16.3 Å². The Morgan fingerprint density at radius 1 is 1.41 bits per heavy atom. The number of ether oxygens (including phenoxy) is 1. The second kappa shape index (κ2) is 5.62. The third kappa shape index (κ3) is 2.68. The fraction of sp³-hybridized carbons (Fsp3) is 0.250. The molecule has 0 radical (unpaired) electrons. The van der Waals surface area contributed by atoms with E-state index in [0.29, 0.717) is 0 Å². The molecular formula is C12H13BrN2OS. The number of rotatable bonds is 4. The molecule has 0 saturated carbocycles. The third-order valence-electron chi connectivity index (χ3n) is 2.32. The summed E-state index contributed by atoms with van der Waals surface area (Å²) in [6, 6.07) is 7.92. The van der Waals surface area contributed by atoms with Crippen LogP contribution < -0.4 is 10.1 Å². The molecule has 0 fully saturated rings. The van der Waals surface area contributed by atoms with Gasteiger partial charge >= 0.3 is 0 Å². The molecule has 0 spiro atoms. The number of nitrogens with zero attached hydrogens (tertiary/aromatic N) is 1. The second-order valence-electron chi connectivity index (χ2n) is 3.46. The van der Waals surface area contributed by atoms with Crippen molar-refractivity contribution in [2.45, 2.75) is 6.54 Å². The zero-order valence-electron chi connectivity index (χ0n) is 9.66. The Morgan fingerprint density at radius 2 is 2.18 bits per heavy atom. The summed E-state index contributed by atoms with van der Waals surface area (Å²) in [5, 5.41) is 4.10. The number of nitrogens with one attached hydrogen (secondary N) is 1. The SMILES string of the molecule is CNCc1sc(-c2ccccc2OC)nc1Br. The fourth-order valence-electron chi connectivity index (χ4n) is 1.54. The maximum absolute atomic E-state index is 5.34. The van der Waals surface area contributed by atoms with Crippen LogP contribution in [0.5, 0.6) is 5.75 Å². The first-order valence-electron chi connectivity index (χ1n) is 5.19. The number of benzene rings is 1. The van der Waals surface area contributed by atoms with Gasteiger partial charge in [-0.15, -0.1) is 11.3 Å². The van der Waals surface area contributed by atoms with Gasteiger partial charge < -0.3 is 10.1 Å². The lowest BCUT2D eigenvalue weighted by atomic mass is 10.2. The molecule has 3 nitrogen and oxygen atoms in total. The number of halogens is 1. The molecule has 17 heavy (non-hydrogen) atoms. The molecule has 0 bridgehead atoms. The van der Waals surface area contributed by atoms with Gasteiger partial charge in [0.15, 0.2) is 0 Å². The van der Waals surface area contributed by atoms with Crippen LogP contribution in [0.1, 0.15) is 4.88 Å². The van der Waals surface area contributed by atoms with E-state index in [-0.39, 0.29) is 0 Å². The highest BCUT2D eigenvalue weighted by Crippen LogP contribution is 2.35. The van der Waals surface area contributed by atoms with Gasteiger partial charge in [-0.05, 0) is 35.1 Å². The van der Waals surface area contributed by atoms with Crippen LogP contribution in [0.25, 0.3) is 10.6 Å². The molecule has 2 aromatic rings. The van der Waals surface area contributed by atoms with Gasteiger partial charge in [-0.1, -0.05) is 12.1 Å². The van der Waals surface area contributed by atoms with E-state index in [1.54, 1.807) is 18.4 Å². The molecule has 1 N–H and O–H groups in total. The maximum Gasteiger partial charge on any atom is 0.129 e. The van der Waals surface area contributed by atoms with Crippen LogP contribution in [0.2, 0.25) is 0 Å². The van der Waals surface area contributed by atoms with Crippen LogP contribution >= 0.6 is 27.3 Å². The van der Waals surface area contributed by atoms with E-state index in [0.717, 1.165) is 27.5 Å². The molecule has 90 valence electrons. The third-order valence-corrected chi connectivity index (χ3v) is 4.33. The number of hydrogen-bond acceptors (Lipinski definition) is 4. The summed E-state index contributed by atoms with van der Waals surface area (Å²) in [6.07, 6.45) is 0. The highest BCUT2D eigenvalue weighted by Gasteiger charge is 2.13. The number of para-hydroxylation sites is 1. The van der Waals surface area contributed by atoms with Gasteiger partial charge in [-0.3, -0.25) is 0 Å². The van der Waals surface area contributed by atoms with Crippen molar-refractivity contribution < 1.29 is 4.74 Å². The molecule has 0 aliphatic carbocycles. The minimum atomic E-state index is 0.813. The van der Waals surface area contributed by atoms with E-state index in [2.05, 4.69) is 26.2 Å². The first-order chi connectivity index (χ1) is 8.26. The molecule has 0 atom stereocenters. The first-order valence-corrected chi connectivity index (χ1v) is 6.80. The molecule has 1 heterocycles. The fourth-order valence-corrected chi connectivity index (χ4v) is 3.21. The quantitative estimate of drug-likeness (QED) is 0.940. The summed E-state index contributed by atoms with van der Waals surface area (Å²) >= 11 is 5.15. The largest absolute Gasteiger partial charge is 0.496 e. The zero-order valence-corrected chi connectivity index (χ0v) is 12.1. The lowest BCUT2D eigenvalue weighted by Crippen LogP contribution is -2.03. The molecule has 1 aromatic carbocycles. The van der Waals surface area contributed by atoms with Crippen molar-refractivity contribution in [1.29, 1.82) is 0 Å². The minimum absolute atomic E-state index is 0.813. The van der Waals surface area contributed by atoms with E-state index >= 15 is 0 Å². The van der Waals surface area contributed by atoms with Crippen molar-refractivity contribution in [3.05, 3.63) is 33.7 Å². The predicted octanol–water partition coefficient (Wildman–Crippen LogP) is 3.30. The van der Waals surface area contributed by atoms with Gasteiger partial charge in [0.2, 0.25) is 0 Å². The lowest BCUT2D eigenvalue weighted by Gasteiger charge is -2.04. The van der Waals surface area contributed by atoms with Gasteiger partial charge in [-0.25, -0.2) is 4.98 Å². The van der Waals surface area contributed by atoms with E-state index in [1.165, 1.54) is 4.88 Å². The van der Waals surface area contributed by atoms with Crippen molar-refractivity contribution in [2.24, 2.45) is 0 Å². The average molecular weight is 313 g/mol. The minimum Gasteiger partial charge on any atom is -0.496 e. The van der Waals surface area contributed by atoms with Gasteiger partial charge in [0, 0.05) is 6.54 Å². The van der Waals surface area contributed by atoms with Crippen LogP contribution in [0.15, 0.2) is 28.9 Å². The Morgan fingerprint density at radius 3 is 2.88 bits per heavy atom. The highest BCUT2D eigenvalue weighted by atomic mass is 79.9. The average Bonchev–Trinajstić information content (AvgIpc) is 2.71. The zero-order chi connectivity index (χ0) is 12.3. The Kier molecular flexibility index (Phi) is 4.15. The van der Waals surface area contributed by atoms with Crippen LogP contribution in [-0.2, 0) is 6.54 Å². The summed E-state index contributed by atoms with van der Waals surface area (Å²) < 4.78 is 6.25. The van der Waals surface area contributed by atoms with E-state index in [4.69, 9.17) is 4.74 Å². The maximum atomic E-state index is 5.34. The van der Waals surface area contributed by atoms with Gasteiger partial charge in [-0.2, -0.15) is 0 Å². The molecule has 0 aliphatic rings. The molecule has 2 rings (SSSR count). The van der Waals surface area contributed by atoms with Crippen LogP contribution in [0, 0.1) is 0 Å². The molecule has 0 aliphatic heterocycles. The highest BCUT2D eigenvalue weighted by molar-refractivity contribution is 9.10. The summed E-state index contributed by atoms with van der Waals surface area (Å²) in [6.45, 7) is 0.813. The van der Waals surface area contributed by atoms with Crippen LogP contribution in [0.3, 0.4) is 0 Å². The Hall–Kier alpha value is -0.910. The predicted molar refractivity (Wildman–Crippen MR) is 74.6 cm³/mol. The standard InChI is InChI=1S/C12H13BrN2OS/c1-14-7-10-11(13)15-12(17-10)8-5-3-4-6-9(8)16-2/h3-6,14H,7H2,1-2H3. The Bertz CT molecular complexity index is 513. The second-order valence-corrected chi connectivity index (χ2v) is 5.30. The summed E-state index contributed by atoms with van der Waals surface area (Å²) in [7, 11) is 3.60. The monoisotopic (exact) mass is 312 g/mol. The van der Waals surface area contributed by atoms with Gasteiger partial charge in [0.1, 0.15) is 15.4 Å². The lowest BCUT2D eigenvalue weighted by molar-refractivity contribution is 0.416. The van der Waals surface area contributed by atoms with Gasteiger partial charge in [0.05, 0.1) is 17.6 Å². The van der Waals surface area contributed by atoms with Crippen molar-refractivity contribution >= 4 is 27.3 Å². The number of hydrogen-bond donors (Lipinski definition) is 1. The molecule has 0 unspecified atom stereocenters. The molecule has 0 saturated heterocycles. The molecule has 5 heteroatoms. The van der Waals surface area contributed by atoms with Crippen LogP contribution in [0.4, 0.5) is 0 Å². The molecule has 1 aromatic heterocycles. The Balaban J connectivity index is 2.42. The van der Waals surface area contributed by atoms with Gasteiger partial charge in [0.25, 0.3) is 0 Å². The normalized spacial score (nSPS) is 10.5. The molecule has 0 amide bonds. The van der Waals surface area contributed by atoms with Crippen molar-refractivity contribution in [2.75, 3.05) is 14.2 Å².